The Morgan fingerprint density at radius 1 is 0.904 bits per heavy atom. The molecule has 0 saturated carbocycles. The number of aliphatic imine (C=N–C) groups is 1. The number of carbonyl (C=O) groups excluding carboxylic acids is 4. The predicted octanol–water partition coefficient (Wildman–Crippen LogP) is 6.99. The summed E-state index contributed by atoms with van der Waals surface area (Å²) >= 11 is 9.59. The highest BCUT2D eigenvalue weighted by Crippen LogP contribution is 2.40. The van der Waals surface area contributed by atoms with E-state index >= 15 is 0 Å². The first-order valence-corrected chi connectivity index (χ1v) is 27.5. The molecule has 0 aliphatic carbocycles. The van der Waals surface area contributed by atoms with E-state index in [2.05, 4.69) is 61.0 Å². The fourth-order valence-corrected chi connectivity index (χ4v) is 13.1. The van der Waals surface area contributed by atoms with Crippen molar-refractivity contribution < 1.29 is 24.3 Å². The second kappa shape index (κ2) is 21.5. The molecule has 16 nitrogen and oxygen atoms in total. The zero-order chi connectivity index (χ0) is 52.0. The summed E-state index contributed by atoms with van der Waals surface area (Å²) in [5.41, 5.74) is 8.02. The lowest BCUT2D eigenvalue weighted by molar-refractivity contribution is -0.144. The Morgan fingerprint density at radius 3 is 2.26 bits per heavy atom. The molecule has 19 heteroatoms. The number of aliphatic hydroxyl groups is 1. The molecule has 4 aliphatic rings. The topological polar surface area (TPSA) is 181 Å². The third kappa shape index (κ3) is 11.1. The Bertz CT molecular complexity index is 2880. The van der Waals surface area contributed by atoms with Crippen molar-refractivity contribution in [1.82, 2.24) is 50.0 Å². The van der Waals surface area contributed by atoms with Gasteiger partial charge in [0.15, 0.2) is 5.82 Å². The van der Waals surface area contributed by atoms with Gasteiger partial charge in [-0.05, 0) is 88.6 Å². The Morgan fingerprint density at radius 2 is 1.60 bits per heavy atom. The van der Waals surface area contributed by atoms with Crippen LogP contribution in [-0.2, 0) is 19.2 Å². The number of aliphatic hydroxyl groups excluding tert-OH is 1. The van der Waals surface area contributed by atoms with Crippen LogP contribution in [0, 0.1) is 33.1 Å². The van der Waals surface area contributed by atoms with E-state index in [1.807, 2.05) is 100 Å². The van der Waals surface area contributed by atoms with E-state index in [0.29, 0.717) is 36.5 Å². The molecule has 0 spiro atoms. The molecule has 3 fully saturated rings. The van der Waals surface area contributed by atoms with Gasteiger partial charge in [0.2, 0.25) is 23.6 Å². The summed E-state index contributed by atoms with van der Waals surface area (Å²) in [5.74, 6) is 0.464. The van der Waals surface area contributed by atoms with E-state index in [4.69, 9.17) is 16.6 Å². The number of piperidine rings is 1. The number of nitrogens with one attached hydrogen (secondary N) is 2. The normalized spacial score (nSPS) is 21.8. The molecule has 3 aromatic heterocycles. The third-order valence-corrected chi connectivity index (χ3v) is 17.7. The van der Waals surface area contributed by atoms with Gasteiger partial charge in [-0.15, -0.1) is 32.9 Å². The smallest absolute Gasteiger partial charge is 0.246 e. The number of carbonyl (C=O) groups is 4. The van der Waals surface area contributed by atoms with Crippen LogP contribution in [0.25, 0.3) is 15.4 Å². The number of fused-ring (bicyclic) bond motifs is 3. The lowest BCUT2D eigenvalue weighted by Gasteiger charge is -2.45. The molecule has 6 atom stereocenters. The monoisotopic (exact) mass is 1050 g/mol. The van der Waals surface area contributed by atoms with Crippen molar-refractivity contribution in [3.05, 3.63) is 104 Å². The van der Waals surface area contributed by atoms with Crippen LogP contribution in [0.3, 0.4) is 0 Å². The zero-order valence-electron chi connectivity index (χ0n) is 43.3. The average Bonchev–Trinajstić information content (AvgIpc) is 4.13. The number of halogens is 1. The van der Waals surface area contributed by atoms with Crippen LogP contribution in [0.5, 0.6) is 0 Å². The number of amides is 4. The second-order valence-electron chi connectivity index (χ2n) is 21.4. The number of thiazole rings is 1. The molecule has 2 aromatic carbocycles. The van der Waals surface area contributed by atoms with E-state index in [1.165, 1.54) is 9.78 Å². The van der Waals surface area contributed by atoms with Gasteiger partial charge in [-0.3, -0.25) is 38.5 Å². The lowest BCUT2D eigenvalue weighted by Crippen LogP contribution is -2.61. The summed E-state index contributed by atoms with van der Waals surface area (Å²) in [4.78, 5) is 76.4. The number of β-amino-alcohol motifs (C(OH)–C–C–N with tert-alkyl or cyclic N) is 1. The van der Waals surface area contributed by atoms with Crippen molar-refractivity contribution in [3.8, 4) is 15.4 Å². The number of likely N-dealkylation sites (tertiary alicyclic amines) is 2. The maximum atomic E-state index is 14.4. The van der Waals surface area contributed by atoms with Crippen LogP contribution < -0.4 is 10.6 Å². The maximum Gasteiger partial charge on any atom is 0.246 e. The number of benzene rings is 2. The number of hydrogen-bond acceptors (Lipinski definition) is 13. The molecule has 0 bridgehead atoms. The highest BCUT2D eigenvalue weighted by Gasteiger charge is 2.45. The number of nitrogens with zero attached hydrogens (tertiary/aromatic N) is 9. The average molecular weight is 1050 g/mol. The molecule has 388 valence electrons. The zero-order valence-corrected chi connectivity index (χ0v) is 45.7. The summed E-state index contributed by atoms with van der Waals surface area (Å²) in [6.07, 6.45) is 1.10. The van der Waals surface area contributed by atoms with E-state index in [-0.39, 0.29) is 61.6 Å². The molecule has 9 rings (SSSR count). The van der Waals surface area contributed by atoms with E-state index in [1.54, 1.807) is 22.7 Å². The first kappa shape index (κ1) is 52.5. The van der Waals surface area contributed by atoms with Gasteiger partial charge in [0.05, 0.1) is 46.9 Å². The summed E-state index contributed by atoms with van der Waals surface area (Å²) < 4.78 is 2.08. The highest BCUT2D eigenvalue weighted by atomic mass is 35.5. The van der Waals surface area contributed by atoms with E-state index in [9.17, 15) is 24.3 Å². The largest absolute Gasteiger partial charge is 0.391 e. The number of aryl methyl sites for hydroxylation is 3. The molecule has 7 heterocycles. The van der Waals surface area contributed by atoms with Gasteiger partial charge in [-0.25, -0.2) is 4.98 Å². The lowest BCUT2D eigenvalue weighted by atomic mass is 9.85. The van der Waals surface area contributed by atoms with Gasteiger partial charge in [-0.1, -0.05) is 68.8 Å². The van der Waals surface area contributed by atoms with Gasteiger partial charge in [0.25, 0.3) is 0 Å². The molecular formula is C54H68ClN11O5S2. The maximum absolute atomic E-state index is 14.4. The molecule has 3 saturated heterocycles. The Kier molecular flexibility index (Phi) is 15.4. The highest BCUT2D eigenvalue weighted by molar-refractivity contribution is 7.15. The molecule has 1 unspecified atom stereocenters. The Labute approximate surface area is 441 Å². The Balaban J connectivity index is 0.779. The molecule has 0 radical (unpaired) electrons. The number of aromatic nitrogens is 4. The molecule has 5 aromatic rings. The quantitative estimate of drug-likeness (QED) is 0.118. The summed E-state index contributed by atoms with van der Waals surface area (Å²) in [7, 11) is 0. The third-order valence-electron chi connectivity index (χ3n) is 15.3. The van der Waals surface area contributed by atoms with Crippen molar-refractivity contribution >= 4 is 63.6 Å². The fraction of sp³-hybridized carbons (Fsp3) is 0.519. The van der Waals surface area contributed by atoms with Crippen LogP contribution in [0.4, 0.5) is 0 Å². The van der Waals surface area contributed by atoms with Crippen molar-refractivity contribution in [2.24, 2.45) is 10.4 Å². The van der Waals surface area contributed by atoms with Crippen LogP contribution in [0.2, 0.25) is 5.02 Å². The number of hydrogen-bond donors (Lipinski definition) is 3. The van der Waals surface area contributed by atoms with Crippen LogP contribution in [0.1, 0.15) is 117 Å². The van der Waals surface area contributed by atoms with Gasteiger partial charge in [-0.2, -0.15) is 0 Å². The van der Waals surface area contributed by atoms with Gasteiger partial charge < -0.3 is 25.5 Å². The van der Waals surface area contributed by atoms with E-state index in [0.717, 1.165) is 80.9 Å². The summed E-state index contributed by atoms with van der Waals surface area (Å²) in [5, 5.41) is 27.7. The Hall–Kier alpha value is -5.37. The molecule has 4 amide bonds. The number of piperazine rings is 1. The van der Waals surface area contributed by atoms with Crippen molar-refractivity contribution in [1.29, 1.82) is 0 Å². The van der Waals surface area contributed by atoms with Gasteiger partial charge >= 0.3 is 0 Å². The van der Waals surface area contributed by atoms with Crippen molar-refractivity contribution in [2.45, 2.75) is 130 Å². The summed E-state index contributed by atoms with van der Waals surface area (Å²) in [6.45, 7) is 21.5. The van der Waals surface area contributed by atoms with Crippen LogP contribution in [-0.4, -0.2) is 150 Å². The number of rotatable bonds is 12. The summed E-state index contributed by atoms with van der Waals surface area (Å²) in [6, 6.07) is 13.4. The standard InChI is InChI=1S/C54H68ClN11O5S2/c1-30-26-64(40-18-20-62(21-19-40)45(69)25-42-50-61-60-35(6)66(50)53-46(31(2)34(5)73-53)47(58-42)37-14-16-39(55)17-15-37)23-22-63(30)28-44(68)59-49(54(7,8)9)52(71)65-27-41(67)24-43(65)51(70)57-32(3)36-10-12-38(13-11-36)48-33(4)56-29-72-48/h10-17,29-30,32,40-43,49,67H,18-28H2,1-9H3,(H,57,70)(H,59,68)/t30-,32?,41-,42+,43+,49-/m1/s1. The number of thiophene rings is 1. The van der Waals surface area contributed by atoms with Crippen LogP contribution in [0.15, 0.2) is 59.0 Å². The minimum Gasteiger partial charge on any atom is -0.391 e. The molecule has 73 heavy (non-hydrogen) atoms. The first-order valence-electron chi connectivity index (χ1n) is 25.5. The molecular weight excluding hydrogens is 982 g/mol. The predicted molar refractivity (Wildman–Crippen MR) is 286 cm³/mol. The van der Waals surface area contributed by atoms with Crippen molar-refractivity contribution in [3.63, 3.8) is 0 Å². The molecule has 4 aliphatic heterocycles. The van der Waals surface area contributed by atoms with Crippen LogP contribution >= 0.6 is 34.3 Å². The van der Waals surface area contributed by atoms with E-state index < -0.39 is 29.6 Å². The van der Waals surface area contributed by atoms with Gasteiger partial charge in [0, 0.05) is 78.8 Å². The van der Waals surface area contributed by atoms with Crippen molar-refractivity contribution in [2.75, 3.05) is 45.8 Å². The minimum atomic E-state index is -0.922. The fourth-order valence-electron chi connectivity index (χ4n) is 10.9. The first-order chi connectivity index (χ1) is 34.7. The second-order valence-corrected chi connectivity index (χ2v) is 23.9. The SMILES string of the molecule is Cc1ncsc1-c1ccc(C(C)NC(=O)[C@@H]2C[C@@H](O)CN2C(=O)[C@@H](NC(=O)CN2CCN(C3CCN(C(=O)C[C@@H]4N=C(c5ccc(Cl)cc5)c5c(sc(C)c5C)-n5c(C)nnc54)CC3)C[C@H]2C)C(C)(C)C)cc1. The molecule has 3 N–H and O–H groups in total. The van der Waals surface area contributed by atoms with Gasteiger partial charge in [0.1, 0.15) is 29.0 Å². The minimum absolute atomic E-state index is 0.00344.